The number of alkyl carbamates (subject to hydrolysis) is 1. The first-order chi connectivity index (χ1) is 11.9. The Labute approximate surface area is 146 Å². The van der Waals surface area contributed by atoms with Gasteiger partial charge in [-0.05, 0) is 26.3 Å². The molecule has 9 heteroatoms. The Balaban J connectivity index is 1.87. The van der Waals surface area contributed by atoms with Crippen LogP contribution in [-0.4, -0.2) is 76.8 Å². The van der Waals surface area contributed by atoms with Crippen molar-refractivity contribution in [3.05, 3.63) is 18.0 Å². The lowest BCUT2D eigenvalue weighted by atomic mass is 10.2. The molecule has 9 nitrogen and oxygen atoms in total. The van der Waals surface area contributed by atoms with E-state index in [0.29, 0.717) is 32.6 Å². The minimum absolute atomic E-state index is 0.0156. The summed E-state index contributed by atoms with van der Waals surface area (Å²) in [5, 5.41) is 6.70. The second kappa shape index (κ2) is 8.50. The van der Waals surface area contributed by atoms with Crippen LogP contribution in [0.1, 0.15) is 19.0 Å². The summed E-state index contributed by atoms with van der Waals surface area (Å²) in [7, 11) is 1.25. The number of nitrogens with zero attached hydrogens (tertiary/aromatic N) is 4. The summed E-state index contributed by atoms with van der Waals surface area (Å²) in [5.41, 5.74) is 0.868. The number of ether oxygens (including phenoxy) is 1. The number of hydrogen-bond acceptors (Lipinski definition) is 5. The van der Waals surface area contributed by atoms with Gasteiger partial charge < -0.3 is 19.9 Å². The maximum atomic E-state index is 12.4. The molecule has 0 aliphatic carbocycles. The van der Waals surface area contributed by atoms with Crippen LogP contribution in [0.3, 0.4) is 0 Å². The Hall–Kier alpha value is -2.58. The molecule has 2 rings (SSSR count). The zero-order chi connectivity index (χ0) is 18.4. The van der Waals surface area contributed by atoms with Gasteiger partial charge in [0.1, 0.15) is 12.6 Å². The molecule has 25 heavy (non-hydrogen) atoms. The van der Waals surface area contributed by atoms with Crippen molar-refractivity contribution in [2.75, 3.05) is 33.3 Å². The predicted molar refractivity (Wildman–Crippen MR) is 89.7 cm³/mol. The van der Waals surface area contributed by atoms with Gasteiger partial charge in [-0.25, -0.2) is 4.79 Å². The fraction of sp³-hybridized carbons (Fsp3) is 0.625. The van der Waals surface area contributed by atoms with Crippen molar-refractivity contribution in [1.29, 1.82) is 0 Å². The summed E-state index contributed by atoms with van der Waals surface area (Å²) < 4.78 is 6.13. The van der Waals surface area contributed by atoms with Crippen molar-refractivity contribution in [2.45, 2.75) is 32.9 Å². The van der Waals surface area contributed by atoms with Crippen molar-refractivity contribution in [3.8, 4) is 0 Å². The van der Waals surface area contributed by atoms with Crippen LogP contribution in [0.5, 0.6) is 0 Å². The lowest BCUT2D eigenvalue weighted by Crippen LogP contribution is -2.48. The number of nitrogens with one attached hydrogen (secondary N) is 1. The van der Waals surface area contributed by atoms with Gasteiger partial charge in [0.15, 0.2) is 0 Å². The molecular weight excluding hydrogens is 326 g/mol. The van der Waals surface area contributed by atoms with Crippen LogP contribution in [0.25, 0.3) is 0 Å². The molecule has 1 fully saturated rings. The molecule has 0 radical (unpaired) electrons. The van der Waals surface area contributed by atoms with Gasteiger partial charge in [0.2, 0.25) is 11.8 Å². The van der Waals surface area contributed by atoms with Gasteiger partial charge >= 0.3 is 6.09 Å². The highest BCUT2D eigenvalue weighted by atomic mass is 16.5. The summed E-state index contributed by atoms with van der Waals surface area (Å²) in [6.07, 6.45) is 1.84. The predicted octanol–water partition coefficient (Wildman–Crippen LogP) is -0.00308. The Bertz CT molecular complexity index is 630. The lowest BCUT2D eigenvalue weighted by molar-refractivity contribution is -0.134. The standard InChI is InChI=1S/C16H25N5O4/c1-12-5-8-21(18-12)11-14(22)19-6-4-7-20(10-9-19)15(23)13(2)17-16(24)25-3/h5,8,13H,4,6-7,9-11H2,1-3H3,(H,17,24). The van der Waals surface area contributed by atoms with E-state index in [9.17, 15) is 14.4 Å². The molecule has 0 bridgehead atoms. The third-order valence-corrected chi connectivity index (χ3v) is 4.12. The van der Waals surface area contributed by atoms with Crippen LogP contribution in [0.2, 0.25) is 0 Å². The van der Waals surface area contributed by atoms with Crippen LogP contribution < -0.4 is 5.32 Å². The average molecular weight is 351 g/mol. The van der Waals surface area contributed by atoms with E-state index in [1.807, 2.05) is 13.0 Å². The molecule has 0 aromatic carbocycles. The van der Waals surface area contributed by atoms with Crippen LogP contribution in [0.4, 0.5) is 4.79 Å². The number of aryl methyl sites for hydroxylation is 1. The molecule has 0 saturated carbocycles. The highest BCUT2D eigenvalue weighted by Gasteiger charge is 2.26. The lowest BCUT2D eigenvalue weighted by Gasteiger charge is -2.25. The largest absolute Gasteiger partial charge is 0.453 e. The van der Waals surface area contributed by atoms with Crippen molar-refractivity contribution >= 4 is 17.9 Å². The number of rotatable bonds is 4. The minimum atomic E-state index is -0.665. The highest BCUT2D eigenvalue weighted by Crippen LogP contribution is 2.07. The first-order valence-electron chi connectivity index (χ1n) is 8.32. The van der Waals surface area contributed by atoms with Crippen molar-refractivity contribution in [3.63, 3.8) is 0 Å². The highest BCUT2D eigenvalue weighted by molar-refractivity contribution is 5.85. The van der Waals surface area contributed by atoms with Crippen LogP contribution in [-0.2, 0) is 20.9 Å². The van der Waals surface area contributed by atoms with Gasteiger partial charge in [0, 0.05) is 32.4 Å². The fourth-order valence-corrected chi connectivity index (χ4v) is 2.75. The van der Waals surface area contributed by atoms with E-state index in [-0.39, 0.29) is 18.4 Å². The molecule has 1 aliphatic heterocycles. The molecule has 1 unspecified atom stereocenters. The summed E-state index contributed by atoms with van der Waals surface area (Å²) in [6, 6.07) is 1.19. The molecule has 1 aromatic heterocycles. The Kier molecular flexibility index (Phi) is 6.37. The van der Waals surface area contributed by atoms with Gasteiger partial charge in [0.05, 0.1) is 12.8 Å². The van der Waals surface area contributed by atoms with E-state index in [0.717, 1.165) is 5.69 Å². The van der Waals surface area contributed by atoms with E-state index in [1.54, 1.807) is 27.6 Å². The van der Waals surface area contributed by atoms with Crippen molar-refractivity contribution in [2.24, 2.45) is 0 Å². The first kappa shape index (κ1) is 18.8. The molecule has 0 spiro atoms. The minimum Gasteiger partial charge on any atom is -0.453 e. The average Bonchev–Trinajstić information content (AvgIpc) is 2.85. The molecule has 1 N–H and O–H groups in total. The second-order valence-corrected chi connectivity index (χ2v) is 6.07. The molecule has 1 saturated heterocycles. The zero-order valence-corrected chi connectivity index (χ0v) is 14.9. The quantitative estimate of drug-likeness (QED) is 0.823. The third-order valence-electron chi connectivity index (χ3n) is 4.12. The summed E-state index contributed by atoms with van der Waals surface area (Å²) in [5.74, 6) is -0.194. The van der Waals surface area contributed by atoms with Crippen LogP contribution in [0, 0.1) is 6.92 Å². The smallest absolute Gasteiger partial charge is 0.407 e. The van der Waals surface area contributed by atoms with E-state index in [4.69, 9.17) is 0 Å². The number of carbonyl (C=O) groups is 3. The number of amides is 3. The number of methoxy groups -OCH3 is 1. The molecule has 1 atom stereocenters. The van der Waals surface area contributed by atoms with Gasteiger partial charge in [0.25, 0.3) is 0 Å². The SMILES string of the molecule is COC(=O)NC(C)C(=O)N1CCCN(C(=O)Cn2ccc(C)n2)CC1. The molecule has 3 amide bonds. The van der Waals surface area contributed by atoms with Crippen molar-refractivity contribution in [1.82, 2.24) is 24.9 Å². The van der Waals surface area contributed by atoms with E-state index in [1.165, 1.54) is 7.11 Å². The van der Waals surface area contributed by atoms with Gasteiger partial charge in [-0.15, -0.1) is 0 Å². The summed E-state index contributed by atoms with van der Waals surface area (Å²) in [4.78, 5) is 39.5. The van der Waals surface area contributed by atoms with E-state index < -0.39 is 12.1 Å². The fourth-order valence-electron chi connectivity index (χ4n) is 2.75. The number of aromatic nitrogens is 2. The van der Waals surface area contributed by atoms with Crippen molar-refractivity contribution < 1.29 is 19.1 Å². The maximum absolute atomic E-state index is 12.4. The molecular formula is C16H25N5O4. The molecule has 1 aromatic rings. The monoisotopic (exact) mass is 351 g/mol. The number of hydrogen-bond donors (Lipinski definition) is 1. The number of carbonyl (C=O) groups excluding carboxylic acids is 3. The van der Waals surface area contributed by atoms with E-state index in [2.05, 4.69) is 15.2 Å². The topological polar surface area (TPSA) is 96.8 Å². The van der Waals surface area contributed by atoms with Gasteiger partial charge in [-0.3, -0.25) is 14.3 Å². The van der Waals surface area contributed by atoms with Gasteiger partial charge in [-0.1, -0.05) is 0 Å². The first-order valence-corrected chi connectivity index (χ1v) is 8.32. The van der Waals surface area contributed by atoms with Crippen LogP contribution in [0.15, 0.2) is 12.3 Å². The third kappa shape index (κ3) is 5.20. The molecule has 2 heterocycles. The normalized spacial score (nSPS) is 16.1. The second-order valence-electron chi connectivity index (χ2n) is 6.07. The van der Waals surface area contributed by atoms with Gasteiger partial charge in [-0.2, -0.15) is 5.10 Å². The zero-order valence-electron chi connectivity index (χ0n) is 14.9. The van der Waals surface area contributed by atoms with Crippen LogP contribution >= 0.6 is 0 Å². The summed E-state index contributed by atoms with van der Waals surface area (Å²) >= 11 is 0. The Morgan fingerprint density at radius 2 is 1.92 bits per heavy atom. The Morgan fingerprint density at radius 3 is 2.56 bits per heavy atom. The molecule has 138 valence electrons. The summed E-state index contributed by atoms with van der Waals surface area (Å²) in [6.45, 7) is 5.75. The molecule has 1 aliphatic rings. The Morgan fingerprint density at radius 1 is 1.24 bits per heavy atom. The maximum Gasteiger partial charge on any atom is 0.407 e. The van der Waals surface area contributed by atoms with E-state index >= 15 is 0 Å².